The number of carbonyl (C=O) groups excluding carboxylic acids is 1. The Morgan fingerprint density at radius 3 is 2.02 bits per heavy atom. The number of carbonyl (C=O) groups is 1. The standard InChI is InChI=1S/C32H28N2O2S4/c1-5-33(6-2)25-19-11-15-37-29(19)21(17-9-13-39-31(17)25)23-27(35)24(28(23)36)22-18-10-14-40-32(18)26(34(7-3)8-4)20-12-16-38-30(20)22/h9-16H,5-8H2,1-4H3. The van der Waals surface area contributed by atoms with E-state index in [1.165, 1.54) is 11.4 Å². The van der Waals surface area contributed by atoms with Crippen molar-refractivity contribution in [2.24, 2.45) is 0 Å². The predicted octanol–water partition coefficient (Wildman–Crippen LogP) is 7.44. The topological polar surface area (TPSA) is 46.4 Å². The maximum atomic E-state index is 14.2. The van der Waals surface area contributed by atoms with Crippen molar-refractivity contribution in [1.29, 1.82) is 0 Å². The Morgan fingerprint density at radius 1 is 0.725 bits per heavy atom. The summed E-state index contributed by atoms with van der Waals surface area (Å²) in [4.78, 5) is 18.8. The number of ketones is 1. The lowest BCUT2D eigenvalue weighted by molar-refractivity contribution is -0.519. The van der Waals surface area contributed by atoms with Gasteiger partial charge in [0.2, 0.25) is 5.71 Å². The molecule has 0 bridgehead atoms. The second kappa shape index (κ2) is 9.80. The second-order valence-electron chi connectivity index (χ2n) is 9.85. The molecule has 2 aliphatic rings. The molecule has 5 aromatic rings. The fourth-order valence-electron chi connectivity index (χ4n) is 6.30. The average Bonchev–Trinajstić information content (AvgIpc) is 3.78. The van der Waals surface area contributed by atoms with Crippen LogP contribution in [0.1, 0.15) is 54.1 Å². The summed E-state index contributed by atoms with van der Waals surface area (Å²) in [6.45, 7) is 12.3. The van der Waals surface area contributed by atoms with Crippen molar-refractivity contribution in [1.82, 2.24) is 0 Å². The van der Waals surface area contributed by atoms with Crippen molar-refractivity contribution in [3.05, 3.63) is 83.6 Å². The fraction of sp³-hybridized carbons (Fsp3) is 0.250. The molecule has 0 N–H and O–H groups in total. The molecule has 0 atom stereocenters. The third-order valence-corrected chi connectivity index (χ3v) is 11.9. The van der Waals surface area contributed by atoms with Crippen molar-refractivity contribution in [2.45, 2.75) is 27.7 Å². The Labute approximate surface area is 249 Å². The number of benzene rings is 1. The smallest absolute Gasteiger partial charge is 0.226 e. The first-order valence-electron chi connectivity index (χ1n) is 13.7. The Balaban J connectivity index is 1.50. The molecule has 4 aromatic heterocycles. The van der Waals surface area contributed by atoms with Crippen molar-refractivity contribution in [3.8, 4) is 0 Å². The minimum absolute atomic E-state index is 0.124. The van der Waals surface area contributed by atoms with E-state index >= 15 is 0 Å². The molecular weight excluding hydrogens is 573 g/mol. The quantitative estimate of drug-likeness (QED) is 0.147. The van der Waals surface area contributed by atoms with E-state index in [0.29, 0.717) is 11.1 Å². The van der Waals surface area contributed by atoms with Gasteiger partial charge >= 0.3 is 0 Å². The Bertz CT molecular complexity index is 1830. The molecule has 0 saturated carbocycles. The van der Waals surface area contributed by atoms with E-state index in [9.17, 15) is 9.90 Å². The molecular formula is C32H28N2O2S4. The number of Topliss-reactive ketones (excluding diaryl/α,β-unsaturated/α-hetero) is 1. The molecule has 1 aromatic carbocycles. The zero-order valence-corrected chi connectivity index (χ0v) is 26.1. The van der Waals surface area contributed by atoms with Gasteiger partial charge in [-0.15, -0.1) is 45.3 Å². The summed E-state index contributed by atoms with van der Waals surface area (Å²) in [7, 11) is 0. The van der Waals surface area contributed by atoms with E-state index in [1.54, 1.807) is 45.3 Å². The van der Waals surface area contributed by atoms with Gasteiger partial charge in [-0.05, 0) is 73.5 Å². The van der Waals surface area contributed by atoms with E-state index in [1.807, 2.05) is 0 Å². The fourth-order valence-corrected chi connectivity index (χ4v) is 10.2. The normalized spacial score (nSPS) is 16.6. The van der Waals surface area contributed by atoms with E-state index < -0.39 is 0 Å². The number of rotatable bonds is 6. The van der Waals surface area contributed by atoms with Gasteiger partial charge in [0, 0.05) is 61.3 Å². The van der Waals surface area contributed by atoms with Gasteiger partial charge in [0.05, 0.1) is 16.0 Å². The predicted molar refractivity (Wildman–Crippen MR) is 172 cm³/mol. The molecule has 202 valence electrons. The molecule has 0 radical (unpaired) electrons. The lowest BCUT2D eigenvalue weighted by atomic mass is 9.76. The van der Waals surface area contributed by atoms with Gasteiger partial charge in [-0.3, -0.25) is 4.79 Å². The summed E-state index contributed by atoms with van der Waals surface area (Å²) in [5, 5.41) is 24.7. The highest BCUT2D eigenvalue weighted by molar-refractivity contribution is 7.20. The Kier molecular flexibility index (Phi) is 6.35. The van der Waals surface area contributed by atoms with Crippen LogP contribution in [0.15, 0.2) is 57.1 Å². The van der Waals surface area contributed by atoms with E-state index in [2.05, 4.69) is 83.0 Å². The number of hydrogen-bond donors (Lipinski definition) is 0. The molecule has 0 amide bonds. The molecule has 40 heavy (non-hydrogen) atoms. The highest BCUT2D eigenvalue weighted by Gasteiger charge is 2.40. The Morgan fingerprint density at radius 2 is 1.35 bits per heavy atom. The zero-order chi connectivity index (χ0) is 27.7. The number of thiophene rings is 4. The van der Waals surface area contributed by atoms with Gasteiger partial charge < -0.3 is 10.0 Å². The van der Waals surface area contributed by atoms with Gasteiger partial charge in [-0.25, -0.2) is 4.58 Å². The van der Waals surface area contributed by atoms with Crippen LogP contribution in [0.5, 0.6) is 0 Å². The van der Waals surface area contributed by atoms with Gasteiger partial charge in [0.25, 0.3) is 0 Å². The van der Waals surface area contributed by atoms with Crippen molar-refractivity contribution < 1.29 is 14.5 Å². The number of anilines is 1. The van der Waals surface area contributed by atoms with Gasteiger partial charge in [-0.2, -0.15) is 0 Å². The summed E-state index contributed by atoms with van der Waals surface area (Å²) in [6, 6.07) is 8.46. The van der Waals surface area contributed by atoms with E-state index in [0.717, 1.165) is 78.4 Å². The Hall–Kier alpha value is -3.04. The third kappa shape index (κ3) is 3.40. The molecule has 0 spiro atoms. The minimum atomic E-state index is -0.124. The molecule has 0 unspecified atom stereocenters. The van der Waals surface area contributed by atoms with Crippen LogP contribution < -0.4 is 10.0 Å². The minimum Gasteiger partial charge on any atom is -0.871 e. The molecule has 2 aliphatic carbocycles. The molecule has 7 rings (SSSR count). The van der Waals surface area contributed by atoms with Crippen LogP contribution >= 0.6 is 45.3 Å². The summed E-state index contributed by atoms with van der Waals surface area (Å²) < 4.78 is 4.56. The number of nitrogens with zero attached hydrogens (tertiary/aromatic N) is 2. The number of fused-ring (bicyclic) bond motifs is 4. The van der Waals surface area contributed by atoms with Crippen molar-refractivity contribution >= 4 is 93.8 Å². The largest absolute Gasteiger partial charge is 0.871 e. The van der Waals surface area contributed by atoms with Crippen LogP contribution in [0.3, 0.4) is 0 Å². The van der Waals surface area contributed by atoms with Crippen LogP contribution in [0.25, 0.3) is 31.3 Å². The van der Waals surface area contributed by atoms with Gasteiger partial charge in [0.1, 0.15) is 18.0 Å². The van der Waals surface area contributed by atoms with Crippen LogP contribution in [-0.2, 0) is 4.79 Å². The van der Waals surface area contributed by atoms with E-state index in [4.69, 9.17) is 0 Å². The highest BCUT2D eigenvalue weighted by atomic mass is 32.1. The molecule has 0 fully saturated rings. The zero-order valence-electron chi connectivity index (χ0n) is 22.8. The monoisotopic (exact) mass is 600 g/mol. The number of hydrogen-bond acceptors (Lipinski definition) is 7. The van der Waals surface area contributed by atoms with Crippen molar-refractivity contribution in [2.75, 3.05) is 31.1 Å². The first kappa shape index (κ1) is 25.9. The molecule has 4 nitrogen and oxygen atoms in total. The molecule has 8 heteroatoms. The van der Waals surface area contributed by atoms with Gasteiger partial charge in [-0.1, -0.05) is 5.76 Å². The lowest BCUT2D eigenvalue weighted by Gasteiger charge is -2.35. The lowest BCUT2D eigenvalue weighted by Crippen LogP contribution is -2.32. The van der Waals surface area contributed by atoms with Gasteiger partial charge in [0.15, 0.2) is 5.78 Å². The highest BCUT2D eigenvalue weighted by Crippen LogP contribution is 2.52. The molecule has 4 heterocycles. The number of allylic oxidation sites excluding steroid dienone is 2. The van der Waals surface area contributed by atoms with Crippen LogP contribution in [0.2, 0.25) is 0 Å². The van der Waals surface area contributed by atoms with Crippen LogP contribution in [-0.4, -0.2) is 42.2 Å². The van der Waals surface area contributed by atoms with Crippen LogP contribution in [0, 0.1) is 0 Å². The maximum absolute atomic E-state index is 14.2. The SMILES string of the molecule is CCN(CC)c1c2ccsc2c(C2=C([O-])/C(=C3\c4ccsc4C(=[N+](CC)CC)c4ccsc43)C2=O)c2ccsc12. The third-order valence-electron chi connectivity index (χ3n) is 8.16. The first-order valence-corrected chi connectivity index (χ1v) is 17.2. The summed E-state index contributed by atoms with van der Waals surface area (Å²) in [5.74, 6) is -0.249. The summed E-state index contributed by atoms with van der Waals surface area (Å²) in [6.07, 6.45) is 0. The molecule has 0 saturated heterocycles. The molecule has 0 aliphatic heterocycles. The van der Waals surface area contributed by atoms with E-state index in [-0.39, 0.29) is 11.5 Å². The average molecular weight is 601 g/mol. The summed E-state index contributed by atoms with van der Waals surface area (Å²) >= 11 is 6.63. The second-order valence-corrected chi connectivity index (χ2v) is 13.5. The first-order chi connectivity index (χ1) is 19.5. The summed E-state index contributed by atoms with van der Waals surface area (Å²) in [5.41, 5.74) is 6.90. The maximum Gasteiger partial charge on any atom is 0.226 e. The van der Waals surface area contributed by atoms with Crippen LogP contribution in [0.4, 0.5) is 5.69 Å². The van der Waals surface area contributed by atoms with Crippen molar-refractivity contribution in [3.63, 3.8) is 0 Å².